The van der Waals surface area contributed by atoms with E-state index in [2.05, 4.69) is 48.1 Å². The summed E-state index contributed by atoms with van der Waals surface area (Å²) in [6.45, 7) is 9.34. The standard InChI is InChI=1S/C23H20FNO.C4H6/c1-16(15-26)12-13-25-22-11-8-17-4-2-3-5-20(17)21(22)14-23(25)18-6-9-19(24)10-7-18;1-3-4-2/h2-12,14,26H,13,15H2,1H3;3-4H,1-2H2/b16-12+;. The molecular formula is C27H26FNO. The second-order valence-corrected chi connectivity index (χ2v) is 7.05. The fourth-order valence-corrected chi connectivity index (χ4v) is 3.38. The molecule has 1 heterocycles. The van der Waals surface area contributed by atoms with Gasteiger partial charge in [-0.25, -0.2) is 4.39 Å². The van der Waals surface area contributed by atoms with Gasteiger partial charge in [0.25, 0.3) is 0 Å². The molecule has 152 valence electrons. The van der Waals surface area contributed by atoms with Crippen LogP contribution in [0.4, 0.5) is 4.39 Å². The van der Waals surface area contributed by atoms with Crippen LogP contribution in [-0.2, 0) is 6.54 Å². The van der Waals surface area contributed by atoms with Crippen LogP contribution in [0.3, 0.4) is 0 Å². The van der Waals surface area contributed by atoms with Crippen molar-refractivity contribution in [3.05, 3.63) is 110 Å². The number of aliphatic hydroxyl groups excluding tert-OH is 1. The average Bonchev–Trinajstić information content (AvgIpc) is 3.17. The molecule has 0 aliphatic carbocycles. The summed E-state index contributed by atoms with van der Waals surface area (Å²) in [7, 11) is 0. The summed E-state index contributed by atoms with van der Waals surface area (Å²) in [5.74, 6) is -0.238. The molecule has 30 heavy (non-hydrogen) atoms. The van der Waals surface area contributed by atoms with E-state index in [1.54, 1.807) is 12.2 Å². The third-order valence-electron chi connectivity index (χ3n) is 4.99. The molecule has 4 rings (SSSR count). The molecule has 0 saturated carbocycles. The first-order valence-corrected chi connectivity index (χ1v) is 9.86. The van der Waals surface area contributed by atoms with Crippen molar-refractivity contribution >= 4 is 21.7 Å². The highest BCUT2D eigenvalue weighted by atomic mass is 19.1. The second-order valence-electron chi connectivity index (χ2n) is 7.05. The molecule has 0 saturated heterocycles. The van der Waals surface area contributed by atoms with Crippen molar-refractivity contribution in [2.24, 2.45) is 0 Å². The van der Waals surface area contributed by atoms with Gasteiger partial charge in [0.1, 0.15) is 5.82 Å². The predicted octanol–water partition coefficient (Wildman–Crippen LogP) is 6.90. The Morgan fingerprint density at radius 1 is 0.967 bits per heavy atom. The lowest BCUT2D eigenvalue weighted by atomic mass is 10.1. The fourth-order valence-electron chi connectivity index (χ4n) is 3.38. The molecule has 0 amide bonds. The number of hydrogen-bond donors (Lipinski definition) is 1. The number of rotatable bonds is 5. The quantitative estimate of drug-likeness (QED) is 0.287. The Labute approximate surface area is 176 Å². The number of fused-ring (bicyclic) bond motifs is 3. The van der Waals surface area contributed by atoms with Gasteiger partial charge in [0.15, 0.2) is 0 Å². The first-order valence-electron chi connectivity index (χ1n) is 9.86. The van der Waals surface area contributed by atoms with Crippen LogP contribution >= 0.6 is 0 Å². The van der Waals surface area contributed by atoms with E-state index in [0.29, 0.717) is 6.54 Å². The number of aliphatic hydroxyl groups is 1. The Kier molecular flexibility index (Phi) is 6.99. The monoisotopic (exact) mass is 399 g/mol. The minimum absolute atomic E-state index is 0.0496. The Balaban J connectivity index is 0.000000589. The zero-order valence-corrected chi connectivity index (χ0v) is 17.2. The van der Waals surface area contributed by atoms with Gasteiger partial charge in [-0.15, -0.1) is 0 Å². The van der Waals surface area contributed by atoms with Crippen molar-refractivity contribution in [2.75, 3.05) is 6.61 Å². The molecule has 0 aliphatic rings. The number of aromatic nitrogens is 1. The first kappa shape index (κ1) is 21.3. The van der Waals surface area contributed by atoms with E-state index in [-0.39, 0.29) is 12.4 Å². The van der Waals surface area contributed by atoms with E-state index < -0.39 is 0 Å². The highest BCUT2D eigenvalue weighted by Crippen LogP contribution is 2.33. The van der Waals surface area contributed by atoms with Crippen LogP contribution in [0.25, 0.3) is 32.9 Å². The lowest BCUT2D eigenvalue weighted by Crippen LogP contribution is -1.99. The van der Waals surface area contributed by atoms with E-state index in [1.807, 2.05) is 37.3 Å². The first-order chi connectivity index (χ1) is 14.6. The van der Waals surface area contributed by atoms with Gasteiger partial charge >= 0.3 is 0 Å². The van der Waals surface area contributed by atoms with Gasteiger partial charge in [-0.1, -0.05) is 67.3 Å². The lowest BCUT2D eigenvalue weighted by molar-refractivity contribution is 0.331. The summed E-state index contributed by atoms with van der Waals surface area (Å²) in [6.07, 6.45) is 5.31. The minimum Gasteiger partial charge on any atom is -0.392 e. The second kappa shape index (κ2) is 9.86. The van der Waals surface area contributed by atoms with Crippen LogP contribution < -0.4 is 0 Å². The van der Waals surface area contributed by atoms with Gasteiger partial charge in [-0.3, -0.25) is 0 Å². The van der Waals surface area contributed by atoms with Crippen molar-refractivity contribution in [3.63, 3.8) is 0 Å². The number of benzene rings is 3. The van der Waals surface area contributed by atoms with Gasteiger partial charge in [0.2, 0.25) is 0 Å². The molecule has 0 fully saturated rings. The molecule has 0 bridgehead atoms. The molecule has 0 radical (unpaired) electrons. The van der Waals surface area contributed by atoms with Crippen molar-refractivity contribution in [1.82, 2.24) is 4.57 Å². The van der Waals surface area contributed by atoms with Gasteiger partial charge in [-0.05, 0) is 59.7 Å². The Morgan fingerprint density at radius 3 is 2.33 bits per heavy atom. The maximum atomic E-state index is 13.4. The van der Waals surface area contributed by atoms with E-state index in [9.17, 15) is 9.50 Å². The molecule has 4 aromatic rings. The highest BCUT2D eigenvalue weighted by Gasteiger charge is 2.12. The molecule has 0 spiro atoms. The summed E-state index contributed by atoms with van der Waals surface area (Å²) in [5, 5.41) is 12.9. The Morgan fingerprint density at radius 2 is 1.67 bits per heavy atom. The van der Waals surface area contributed by atoms with Crippen LogP contribution in [0.1, 0.15) is 6.92 Å². The summed E-state index contributed by atoms with van der Waals surface area (Å²) in [6, 6.07) is 21.4. The third-order valence-corrected chi connectivity index (χ3v) is 4.99. The van der Waals surface area contributed by atoms with E-state index >= 15 is 0 Å². The maximum Gasteiger partial charge on any atom is 0.123 e. The average molecular weight is 400 g/mol. The van der Waals surface area contributed by atoms with Crippen LogP contribution in [0, 0.1) is 5.82 Å². The fraction of sp³-hybridized carbons (Fsp3) is 0.111. The summed E-state index contributed by atoms with van der Waals surface area (Å²) < 4.78 is 15.6. The van der Waals surface area contributed by atoms with E-state index in [1.165, 1.54) is 28.3 Å². The number of halogens is 1. The van der Waals surface area contributed by atoms with E-state index in [4.69, 9.17) is 0 Å². The van der Waals surface area contributed by atoms with Crippen LogP contribution in [0.5, 0.6) is 0 Å². The largest absolute Gasteiger partial charge is 0.392 e. The molecule has 3 heteroatoms. The molecule has 1 N–H and O–H groups in total. The Hall–Kier alpha value is -3.43. The smallest absolute Gasteiger partial charge is 0.123 e. The van der Waals surface area contributed by atoms with Gasteiger partial charge in [0, 0.05) is 23.1 Å². The zero-order chi connectivity index (χ0) is 21.5. The van der Waals surface area contributed by atoms with Gasteiger partial charge in [-0.2, -0.15) is 0 Å². The van der Waals surface area contributed by atoms with Crippen molar-refractivity contribution in [3.8, 4) is 11.3 Å². The van der Waals surface area contributed by atoms with Crippen LogP contribution in [0.15, 0.2) is 104 Å². The topological polar surface area (TPSA) is 25.2 Å². The van der Waals surface area contributed by atoms with Crippen molar-refractivity contribution in [1.29, 1.82) is 0 Å². The van der Waals surface area contributed by atoms with Crippen LogP contribution in [-0.4, -0.2) is 16.3 Å². The number of allylic oxidation sites excluding steroid dienone is 3. The molecule has 0 unspecified atom stereocenters. The number of hydrogen-bond acceptors (Lipinski definition) is 1. The van der Waals surface area contributed by atoms with Crippen molar-refractivity contribution in [2.45, 2.75) is 13.5 Å². The molecule has 0 atom stereocenters. The maximum absolute atomic E-state index is 13.4. The molecule has 3 aromatic carbocycles. The summed E-state index contributed by atoms with van der Waals surface area (Å²) in [4.78, 5) is 0. The van der Waals surface area contributed by atoms with Crippen LogP contribution in [0.2, 0.25) is 0 Å². The lowest BCUT2D eigenvalue weighted by Gasteiger charge is -2.10. The highest BCUT2D eigenvalue weighted by molar-refractivity contribution is 6.08. The number of nitrogens with zero attached hydrogens (tertiary/aromatic N) is 1. The van der Waals surface area contributed by atoms with Gasteiger partial charge in [0.05, 0.1) is 6.61 Å². The summed E-state index contributed by atoms with van der Waals surface area (Å²) in [5.41, 5.74) is 4.07. The van der Waals surface area contributed by atoms with Crippen molar-refractivity contribution < 1.29 is 9.50 Å². The van der Waals surface area contributed by atoms with E-state index in [0.717, 1.165) is 22.3 Å². The third kappa shape index (κ3) is 4.58. The van der Waals surface area contributed by atoms with Gasteiger partial charge < -0.3 is 9.67 Å². The SMILES string of the molecule is C/C(=C\Cn1c(-c2ccc(F)cc2)cc2c3ccccc3ccc21)CO.C=CC=C. The minimum atomic E-state index is -0.238. The summed E-state index contributed by atoms with van der Waals surface area (Å²) >= 11 is 0. The molecule has 0 aliphatic heterocycles. The molecular weight excluding hydrogens is 373 g/mol. The molecule has 2 nitrogen and oxygen atoms in total. The zero-order valence-electron chi connectivity index (χ0n) is 17.2. The Bertz CT molecular complexity index is 1190. The normalized spacial score (nSPS) is 11.2. The predicted molar refractivity (Wildman–Crippen MR) is 126 cm³/mol. The molecule has 1 aromatic heterocycles.